The van der Waals surface area contributed by atoms with Gasteiger partial charge in [-0.3, -0.25) is 14.4 Å². The van der Waals surface area contributed by atoms with Gasteiger partial charge in [-0.1, -0.05) is 39.5 Å². The van der Waals surface area contributed by atoms with Crippen molar-refractivity contribution in [2.75, 3.05) is 19.8 Å². The molecule has 2 unspecified atom stereocenters. The zero-order valence-electron chi connectivity index (χ0n) is 23.0. The van der Waals surface area contributed by atoms with Crippen LogP contribution in [0.15, 0.2) is 25.3 Å². The minimum absolute atomic E-state index is 0.0262. The average molecular weight is 521 g/mol. The summed E-state index contributed by atoms with van der Waals surface area (Å²) < 4.78 is 4.22. The van der Waals surface area contributed by atoms with E-state index in [1.54, 1.807) is 29.7 Å². The van der Waals surface area contributed by atoms with Crippen LogP contribution in [0.25, 0.3) is 0 Å². The summed E-state index contributed by atoms with van der Waals surface area (Å²) in [5, 5.41) is 10.1. The van der Waals surface area contributed by atoms with Crippen LogP contribution in [-0.2, 0) is 19.1 Å². The van der Waals surface area contributed by atoms with Crippen molar-refractivity contribution in [1.29, 1.82) is 0 Å². The second-order valence-corrected chi connectivity index (χ2v) is 14.6. The average Bonchev–Trinajstić information content (AvgIpc) is 3.33. The lowest BCUT2D eigenvalue weighted by atomic mass is 9.66. The summed E-state index contributed by atoms with van der Waals surface area (Å²) in [7, 11) is 0. The van der Waals surface area contributed by atoms with Crippen LogP contribution in [0.4, 0.5) is 0 Å². The first kappa shape index (κ1) is 28.8. The van der Waals surface area contributed by atoms with Crippen LogP contribution in [-0.4, -0.2) is 79.6 Å². The fourth-order valence-corrected chi connectivity index (χ4v) is 9.42. The number of thioether (sulfide) groups is 1. The Balaban J connectivity index is 2.12. The van der Waals surface area contributed by atoms with E-state index in [2.05, 4.69) is 47.8 Å². The van der Waals surface area contributed by atoms with E-state index in [1.165, 1.54) is 6.08 Å². The normalized spacial score (nSPS) is 32.3. The number of aliphatic hydroxyl groups is 1. The molecular weight excluding hydrogens is 476 g/mol. The van der Waals surface area contributed by atoms with E-state index in [4.69, 9.17) is 4.74 Å². The molecule has 0 aromatic rings. The molecule has 202 valence electrons. The van der Waals surface area contributed by atoms with Crippen molar-refractivity contribution in [3.63, 3.8) is 0 Å². The first-order chi connectivity index (χ1) is 16.6. The number of amides is 2. The van der Waals surface area contributed by atoms with Crippen LogP contribution in [0.3, 0.4) is 0 Å². The highest BCUT2D eigenvalue weighted by Crippen LogP contribution is 2.71. The Morgan fingerprint density at radius 1 is 1.25 bits per heavy atom. The molecule has 0 aliphatic carbocycles. The van der Waals surface area contributed by atoms with Gasteiger partial charge in [0.25, 0.3) is 0 Å². The number of ether oxygens (including phenoxy) is 1. The van der Waals surface area contributed by atoms with Crippen LogP contribution in [0.2, 0.25) is 0 Å². The molecule has 3 rings (SSSR count). The third-order valence-corrected chi connectivity index (χ3v) is 10.0. The lowest BCUT2D eigenvalue weighted by molar-refractivity contribution is -0.155. The second kappa shape index (κ2) is 9.82. The summed E-state index contributed by atoms with van der Waals surface area (Å²) in [4.78, 5) is 45.3. The van der Waals surface area contributed by atoms with E-state index < -0.39 is 44.9 Å². The van der Waals surface area contributed by atoms with Gasteiger partial charge in [0, 0.05) is 16.8 Å². The molecular formula is C28H44N2O5S. The molecule has 0 aromatic carbocycles. The summed E-state index contributed by atoms with van der Waals surface area (Å²) in [6.45, 7) is 22.0. The van der Waals surface area contributed by atoms with Crippen LogP contribution >= 0.6 is 11.8 Å². The zero-order valence-corrected chi connectivity index (χ0v) is 23.8. The minimum Gasteiger partial charge on any atom is -0.461 e. The summed E-state index contributed by atoms with van der Waals surface area (Å²) in [5.74, 6) is -2.11. The van der Waals surface area contributed by atoms with Crippen molar-refractivity contribution in [2.24, 2.45) is 17.3 Å². The van der Waals surface area contributed by atoms with E-state index in [0.717, 1.165) is 6.42 Å². The van der Waals surface area contributed by atoms with Crippen molar-refractivity contribution < 1.29 is 24.2 Å². The topological polar surface area (TPSA) is 87.1 Å². The number of carbonyl (C=O) groups is 3. The van der Waals surface area contributed by atoms with Gasteiger partial charge in [-0.2, -0.15) is 0 Å². The Kier molecular flexibility index (Phi) is 7.85. The monoisotopic (exact) mass is 520 g/mol. The molecule has 6 atom stereocenters. The maximum absolute atomic E-state index is 14.6. The number of hydrogen-bond acceptors (Lipinski definition) is 6. The Bertz CT molecular complexity index is 927. The second-order valence-electron chi connectivity index (χ2n) is 12.7. The van der Waals surface area contributed by atoms with Gasteiger partial charge >= 0.3 is 5.97 Å². The number of carbonyl (C=O) groups excluding carboxylic acids is 3. The lowest BCUT2D eigenvalue weighted by Gasteiger charge is -2.46. The molecule has 3 heterocycles. The number of esters is 1. The lowest BCUT2D eigenvalue weighted by Crippen LogP contribution is -2.61. The molecule has 3 fully saturated rings. The highest BCUT2D eigenvalue weighted by Gasteiger charge is 2.78. The third-order valence-electron chi connectivity index (χ3n) is 8.06. The van der Waals surface area contributed by atoms with E-state index in [-0.39, 0.29) is 30.4 Å². The molecule has 0 radical (unpaired) electrons. The first-order valence-electron chi connectivity index (χ1n) is 12.9. The predicted molar refractivity (Wildman–Crippen MR) is 143 cm³/mol. The van der Waals surface area contributed by atoms with Gasteiger partial charge in [0.2, 0.25) is 11.8 Å². The fraction of sp³-hybridized carbons (Fsp3) is 0.750. The maximum atomic E-state index is 14.6. The molecule has 2 amide bonds. The molecule has 1 spiro atoms. The molecule has 3 saturated heterocycles. The van der Waals surface area contributed by atoms with Gasteiger partial charge in [0.05, 0.1) is 29.2 Å². The van der Waals surface area contributed by atoms with Crippen molar-refractivity contribution in [3.8, 4) is 0 Å². The van der Waals surface area contributed by atoms with E-state index in [0.29, 0.717) is 19.4 Å². The smallest absolute Gasteiger partial charge is 0.311 e. The summed E-state index contributed by atoms with van der Waals surface area (Å²) in [6, 6.07) is -1.33. The molecule has 1 N–H and O–H groups in total. The maximum Gasteiger partial charge on any atom is 0.311 e. The highest BCUT2D eigenvalue weighted by molar-refractivity contribution is 8.02. The van der Waals surface area contributed by atoms with Crippen LogP contribution < -0.4 is 0 Å². The van der Waals surface area contributed by atoms with Crippen LogP contribution in [0.5, 0.6) is 0 Å². The zero-order chi connectivity index (χ0) is 27.3. The van der Waals surface area contributed by atoms with Crippen LogP contribution in [0, 0.1) is 17.3 Å². The van der Waals surface area contributed by atoms with Gasteiger partial charge in [-0.05, 0) is 52.4 Å². The van der Waals surface area contributed by atoms with Gasteiger partial charge in [0.15, 0.2) is 0 Å². The minimum atomic E-state index is -0.777. The quantitative estimate of drug-likeness (QED) is 0.348. The fourth-order valence-electron chi connectivity index (χ4n) is 7.10. The molecule has 8 heteroatoms. The predicted octanol–water partition coefficient (Wildman–Crippen LogP) is 3.81. The van der Waals surface area contributed by atoms with Crippen molar-refractivity contribution in [1.82, 2.24) is 9.80 Å². The number of rotatable bonds is 10. The SMILES string of the molecule is C=CCOC(=O)[C@H]1[C@H]2C(=O)N([C@H](C)CO)C(C(=O)N(CC=C)C(C)(C)CC(C)(C)C)C23CC[C@]1(C)S3. The van der Waals surface area contributed by atoms with Crippen molar-refractivity contribution in [3.05, 3.63) is 25.3 Å². The van der Waals surface area contributed by atoms with Gasteiger partial charge < -0.3 is 19.6 Å². The molecule has 7 nitrogen and oxygen atoms in total. The Morgan fingerprint density at radius 2 is 1.89 bits per heavy atom. The Morgan fingerprint density at radius 3 is 2.42 bits per heavy atom. The number of likely N-dealkylation sites (tertiary alicyclic amines) is 1. The summed E-state index contributed by atoms with van der Waals surface area (Å²) in [5.41, 5.74) is -0.523. The third kappa shape index (κ3) is 4.64. The number of fused-ring (bicyclic) bond motifs is 1. The Labute approximate surface area is 220 Å². The molecule has 2 bridgehead atoms. The Hall–Kier alpha value is -1.80. The summed E-state index contributed by atoms with van der Waals surface area (Å²) in [6.07, 6.45) is 5.37. The standard InChI is InChI=1S/C28H44N2O5S/c1-10-14-29(26(7,8)17-25(4,5)6)23(33)21-28-13-12-27(9,36-28)20(24(34)35-15-11-2)19(28)22(32)30(21)18(3)16-31/h10-11,18-21,31H,1-2,12-17H2,3-9H3/t18-,19+,20-,21?,27+,28?/m1/s1. The van der Waals surface area contributed by atoms with Crippen molar-refractivity contribution in [2.45, 2.75) is 94.8 Å². The van der Waals surface area contributed by atoms with Gasteiger partial charge in [-0.25, -0.2) is 0 Å². The molecule has 3 aliphatic heterocycles. The molecule has 3 aliphatic rings. The van der Waals surface area contributed by atoms with Gasteiger partial charge in [0.1, 0.15) is 12.6 Å². The molecule has 0 aromatic heterocycles. The van der Waals surface area contributed by atoms with E-state index in [9.17, 15) is 19.5 Å². The first-order valence-corrected chi connectivity index (χ1v) is 13.7. The molecule has 36 heavy (non-hydrogen) atoms. The van der Waals surface area contributed by atoms with E-state index >= 15 is 0 Å². The number of aliphatic hydroxyl groups excluding tert-OH is 1. The highest BCUT2D eigenvalue weighted by atomic mass is 32.2. The molecule has 0 saturated carbocycles. The number of hydrogen-bond donors (Lipinski definition) is 1. The number of nitrogens with zero attached hydrogens (tertiary/aromatic N) is 2. The van der Waals surface area contributed by atoms with Gasteiger partial charge in [-0.15, -0.1) is 18.3 Å². The largest absolute Gasteiger partial charge is 0.461 e. The summed E-state index contributed by atoms with van der Waals surface area (Å²) >= 11 is 1.61. The van der Waals surface area contributed by atoms with Crippen LogP contribution in [0.1, 0.15) is 67.7 Å². The van der Waals surface area contributed by atoms with E-state index in [1.807, 2.05) is 11.8 Å². The van der Waals surface area contributed by atoms with Crippen molar-refractivity contribution >= 4 is 29.5 Å².